The molecule has 0 unspecified atom stereocenters. The van der Waals surface area contributed by atoms with Gasteiger partial charge in [-0.2, -0.15) is 0 Å². The number of esters is 1. The van der Waals surface area contributed by atoms with Gasteiger partial charge in [0.25, 0.3) is 11.6 Å². The predicted octanol–water partition coefficient (Wildman–Crippen LogP) is 3.17. The fourth-order valence-corrected chi connectivity index (χ4v) is 2.67. The van der Waals surface area contributed by atoms with Crippen molar-refractivity contribution < 1.29 is 28.7 Å². The molecule has 0 aliphatic heterocycles. The number of nitro groups is 1. The minimum absolute atomic E-state index is 0.111. The second-order valence-electron chi connectivity index (χ2n) is 6.01. The maximum Gasteiger partial charge on any atom is 0.345 e. The lowest BCUT2D eigenvalue weighted by Gasteiger charge is -2.12. The molecule has 0 saturated heterocycles. The van der Waals surface area contributed by atoms with E-state index in [2.05, 4.69) is 5.32 Å². The first-order valence-electron chi connectivity index (χ1n) is 9.03. The van der Waals surface area contributed by atoms with Crippen molar-refractivity contribution in [2.75, 3.05) is 26.9 Å². The van der Waals surface area contributed by atoms with Crippen LogP contribution in [0.25, 0.3) is 0 Å². The van der Waals surface area contributed by atoms with Crippen molar-refractivity contribution in [3.05, 3.63) is 62.7 Å². The number of rotatable bonds is 10. The fourth-order valence-electron chi connectivity index (χ4n) is 2.55. The Kier molecular flexibility index (Phi) is 8.42. The minimum atomic E-state index is -1.02. The Bertz CT molecular complexity index is 916. The molecule has 1 N–H and O–H groups in total. The summed E-state index contributed by atoms with van der Waals surface area (Å²) in [6, 6.07) is 9.42. The van der Waals surface area contributed by atoms with Crippen molar-refractivity contribution in [2.45, 2.75) is 13.3 Å². The number of hydrogen-bond acceptors (Lipinski definition) is 7. The largest absolute Gasteiger partial charge is 0.493 e. The van der Waals surface area contributed by atoms with Gasteiger partial charge in [0.15, 0.2) is 18.1 Å². The maximum absolute atomic E-state index is 12.3. The summed E-state index contributed by atoms with van der Waals surface area (Å²) in [5.41, 5.74) is 0.135. The van der Waals surface area contributed by atoms with Gasteiger partial charge in [-0.15, -0.1) is 0 Å². The lowest BCUT2D eigenvalue weighted by molar-refractivity contribution is -0.385. The third kappa shape index (κ3) is 6.35. The Morgan fingerprint density at radius 1 is 1.17 bits per heavy atom. The number of nitrogens with one attached hydrogen (secondary N) is 1. The zero-order valence-corrected chi connectivity index (χ0v) is 17.2. The van der Waals surface area contributed by atoms with Crippen LogP contribution in [-0.4, -0.2) is 43.7 Å². The number of benzene rings is 2. The summed E-state index contributed by atoms with van der Waals surface area (Å²) in [7, 11) is 1.33. The number of carbonyl (C=O) groups is 2. The maximum atomic E-state index is 12.3. The first-order valence-corrected chi connectivity index (χ1v) is 9.41. The van der Waals surface area contributed by atoms with Gasteiger partial charge >= 0.3 is 5.97 Å². The summed E-state index contributed by atoms with van der Waals surface area (Å²) in [4.78, 5) is 34.8. The van der Waals surface area contributed by atoms with Gasteiger partial charge in [0, 0.05) is 17.6 Å². The van der Waals surface area contributed by atoms with Crippen LogP contribution < -0.4 is 14.8 Å². The highest BCUT2D eigenvalue weighted by atomic mass is 35.5. The fraction of sp³-hybridized carbons (Fsp3) is 0.300. The summed E-state index contributed by atoms with van der Waals surface area (Å²) < 4.78 is 15.3. The van der Waals surface area contributed by atoms with E-state index in [1.807, 2.05) is 12.1 Å². The molecule has 160 valence electrons. The van der Waals surface area contributed by atoms with Crippen LogP contribution in [0.4, 0.5) is 5.69 Å². The van der Waals surface area contributed by atoms with E-state index in [0.717, 1.165) is 11.6 Å². The van der Waals surface area contributed by atoms with Crippen LogP contribution in [0.2, 0.25) is 5.02 Å². The van der Waals surface area contributed by atoms with Crippen LogP contribution in [-0.2, 0) is 16.0 Å². The van der Waals surface area contributed by atoms with Gasteiger partial charge in [0.2, 0.25) is 0 Å². The van der Waals surface area contributed by atoms with E-state index in [9.17, 15) is 19.7 Å². The molecule has 0 aliphatic rings. The average molecular weight is 437 g/mol. The third-order valence-electron chi connectivity index (χ3n) is 3.98. The summed E-state index contributed by atoms with van der Waals surface area (Å²) in [5.74, 6) is -1.28. The summed E-state index contributed by atoms with van der Waals surface area (Å²) in [5, 5.41) is 14.5. The second-order valence-corrected chi connectivity index (χ2v) is 6.45. The Labute approximate surface area is 178 Å². The van der Waals surface area contributed by atoms with Crippen LogP contribution in [0.3, 0.4) is 0 Å². The van der Waals surface area contributed by atoms with Crippen molar-refractivity contribution in [3.8, 4) is 11.5 Å². The highest BCUT2D eigenvalue weighted by Crippen LogP contribution is 2.35. The van der Waals surface area contributed by atoms with Gasteiger partial charge in [-0.05, 0) is 31.0 Å². The Balaban J connectivity index is 1.97. The van der Waals surface area contributed by atoms with Gasteiger partial charge in [0.05, 0.1) is 24.7 Å². The number of hydrogen-bond donors (Lipinski definition) is 1. The van der Waals surface area contributed by atoms with Crippen LogP contribution in [0.5, 0.6) is 11.5 Å². The van der Waals surface area contributed by atoms with Crippen LogP contribution >= 0.6 is 11.6 Å². The third-order valence-corrected chi connectivity index (χ3v) is 4.23. The van der Waals surface area contributed by atoms with Crippen molar-refractivity contribution in [1.82, 2.24) is 5.32 Å². The van der Waals surface area contributed by atoms with E-state index in [4.69, 9.17) is 25.8 Å². The molecular weight excluding hydrogens is 416 g/mol. The summed E-state index contributed by atoms with van der Waals surface area (Å²) >= 11 is 5.82. The molecule has 0 atom stereocenters. The van der Waals surface area contributed by atoms with E-state index in [0.29, 0.717) is 18.0 Å². The predicted molar refractivity (Wildman–Crippen MR) is 109 cm³/mol. The molecule has 9 nitrogen and oxygen atoms in total. The van der Waals surface area contributed by atoms with E-state index >= 15 is 0 Å². The molecule has 0 fully saturated rings. The number of methoxy groups -OCH3 is 1. The second kappa shape index (κ2) is 11.0. The SMILES string of the molecule is CCOc1cc(C(=O)OCC(=O)NCCc2ccc(Cl)cc2)c([N+](=O)[O-])cc1OC. The van der Waals surface area contributed by atoms with Gasteiger partial charge in [-0.25, -0.2) is 4.79 Å². The number of carbonyl (C=O) groups excluding carboxylic acids is 2. The van der Waals surface area contributed by atoms with E-state index in [1.165, 1.54) is 13.2 Å². The molecule has 0 radical (unpaired) electrons. The van der Waals surface area contributed by atoms with E-state index in [-0.39, 0.29) is 23.7 Å². The van der Waals surface area contributed by atoms with Crippen molar-refractivity contribution in [2.24, 2.45) is 0 Å². The molecule has 0 aliphatic carbocycles. The van der Waals surface area contributed by atoms with E-state index in [1.54, 1.807) is 19.1 Å². The number of ether oxygens (including phenoxy) is 3. The lowest BCUT2D eigenvalue weighted by Crippen LogP contribution is -2.30. The van der Waals surface area contributed by atoms with Crippen molar-refractivity contribution >= 4 is 29.2 Å². The van der Waals surface area contributed by atoms with Crippen molar-refractivity contribution in [1.29, 1.82) is 0 Å². The Morgan fingerprint density at radius 2 is 1.87 bits per heavy atom. The van der Waals surface area contributed by atoms with Crippen LogP contribution in [0.15, 0.2) is 36.4 Å². The first-order chi connectivity index (χ1) is 14.3. The molecule has 1 amide bonds. The lowest BCUT2D eigenvalue weighted by atomic mass is 10.1. The molecular formula is C20H21ClN2O7. The number of nitro benzene ring substituents is 1. The van der Waals surface area contributed by atoms with Crippen LogP contribution in [0.1, 0.15) is 22.8 Å². The molecule has 30 heavy (non-hydrogen) atoms. The zero-order chi connectivity index (χ0) is 22.1. The number of nitrogens with zero attached hydrogens (tertiary/aromatic N) is 1. The molecule has 2 aromatic rings. The quantitative estimate of drug-likeness (QED) is 0.345. The first kappa shape index (κ1) is 23.0. The molecule has 2 rings (SSSR count). The van der Waals surface area contributed by atoms with Gasteiger partial charge in [-0.3, -0.25) is 14.9 Å². The van der Waals surface area contributed by atoms with Crippen LogP contribution in [0, 0.1) is 10.1 Å². The number of halogens is 1. The highest BCUT2D eigenvalue weighted by molar-refractivity contribution is 6.30. The van der Waals surface area contributed by atoms with Gasteiger partial charge in [-0.1, -0.05) is 23.7 Å². The summed E-state index contributed by atoms with van der Waals surface area (Å²) in [6.45, 7) is 1.73. The smallest absolute Gasteiger partial charge is 0.345 e. The average Bonchev–Trinajstić information content (AvgIpc) is 2.73. The number of amides is 1. The van der Waals surface area contributed by atoms with Gasteiger partial charge in [0.1, 0.15) is 5.56 Å². The standard InChI is InChI=1S/C20H21ClN2O7/c1-3-29-18-10-15(16(23(26)27)11-17(18)28-2)20(25)30-12-19(24)22-9-8-13-4-6-14(21)7-5-13/h4-7,10-11H,3,8-9,12H2,1-2H3,(H,22,24). The Morgan fingerprint density at radius 3 is 2.47 bits per heavy atom. The minimum Gasteiger partial charge on any atom is -0.493 e. The molecule has 0 aromatic heterocycles. The van der Waals surface area contributed by atoms with Crippen molar-refractivity contribution in [3.63, 3.8) is 0 Å². The monoisotopic (exact) mass is 436 g/mol. The molecule has 0 spiro atoms. The molecule has 0 saturated carbocycles. The molecule has 0 bridgehead atoms. The molecule has 10 heteroatoms. The highest BCUT2D eigenvalue weighted by Gasteiger charge is 2.26. The normalized spacial score (nSPS) is 10.2. The summed E-state index contributed by atoms with van der Waals surface area (Å²) in [6.07, 6.45) is 0.568. The zero-order valence-electron chi connectivity index (χ0n) is 16.5. The molecule has 0 heterocycles. The van der Waals surface area contributed by atoms with Gasteiger partial charge < -0.3 is 19.5 Å². The molecule has 2 aromatic carbocycles. The topological polar surface area (TPSA) is 117 Å². The van der Waals surface area contributed by atoms with E-state index < -0.39 is 29.1 Å². The Hall–Kier alpha value is -3.33.